The molecule has 2 N–H and O–H groups in total. The molecular weight excluding hydrogens is 208 g/mol. The predicted molar refractivity (Wildman–Crippen MR) is 63.6 cm³/mol. The first-order chi connectivity index (χ1) is 7.31. The topological polar surface area (TPSA) is 38.9 Å². The summed E-state index contributed by atoms with van der Waals surface area (Å²) in [6.07, 6.45) is 1.76. The molecule has 1 aromatic heterocycles. The Morgan fingerprint density at radius 1 is 1.20 bits per heavy atom. The van der Waals surface area contributed by atoms with Crippen molar-refractivity contribution in [2.45, 2.75) is 5.88 Å². The molecule has 0 radical (unpaired) electrons. The van der Waals surface area contributed by atoms with E-state index in [-0.39, 0.29) is 0 Å². The van der Waals surface area contributed by atoms with Gasteiger partial charge in [-0.2, -0.15) is 0 Å². The minimum atomic E-state index is 0.437. The highest BCUT2D eigenvalue weighted by Gasteiger charge is 2.04. The van der Waals surface area contributed by atoms with Gasteiger partial charge in [0.05, 0.1) is 11.4 Å². The van der Waals surface area contributed by atoms with Crippen molar-refractivity contribution in [3.8, 4) is 11.3 Å². The standard InChI is InChI=1S/C12H11ClN2/c13-7-9-6-11(14)12(15-8-9)10-4-2-1-3-5-10/h1-6,8H,7,14H2. The van der Waals surface area contributed by atoms with Crippen molar-refractivity contribution >= 4 is 17.3 Å². The third-order valence-electron chi connectivity index (χ3n) is 2.18. The Labute approximate surface area is 93.7 Å². The summed E-state index contributed by atoms with van der Waals surface area (Å²) in [5, 5.41) is 0. The van der Waals surface area contributed by atoms with Crippen LogP contribution in [0.15, 0.2) is 42.6 Å². The van der Waals surface area contributed by atoms with Crippen molar-refractivity contribution in [3.63, 3.8) is 0 Å². The van der Waals surface area contributed by atoms with Crippen molar-refractivity contribution in [2.24, 2.45) is 0 Å². The van der Waals surface area contributed by atoms with Gasteiger partial charge in [-0.15, -0.1) is 11.6 Å². The van der Waals surface area contributed by atoms with Gasteiger partial charge in [0.1, 0.15) is 0 Å². The third-order valence-corrected chi connectivity index (χ3v) is 2.48. The molecule has 0 fully saturated rings. The molecule has 3 heteroatoms. The summed E-state index contributed by atoms with van der Waals surface area (Å²) in [5.74, 6) is 0.437. The van der Waals surface area contributed by atoms with Crippen molar-refractivity contribution in [3.05, 3.63) is 48.2 Å². The molecule has 15 heavy (non-hydrogen) atoms. The Bertz CT molecular complexity index is 454. The maximum atomic E-state index is 5.91. The van der Waals surface area contributed by atoms with E-state index in [4.69, 9.17) is 17.3 Å². The van der Waals surface area contributed by atoms with E-state index in [1.54, 1.807) is 6.20 Å². The third kappa shape index (κ3) is 2.10. The highest BCUT2D eigenvalue weighted by molar-refractivity contribution is 6.17. The van der Waals surface area contributed by atoms with Gasteiger partial charge in [-0.1, -0.05) is 30.3 Å². The minimum Gasteiger partial charge on any atom is -0.397 e. The van der Waals surface area contributed by atoms with Crippen LogP contribution in [0.1, 0.15) is 5.56 Å². The highest BCUT2D eigenvalue weighted by atomic mass is 35.5. The van der Waals surface area contributed by atoms with Crippen molar-refractivity contribution in [1.29, 1.82) is 0 Å². The summed E-state index contributed by atoms with van der Waals surface area (Å²) in [6, 6.07) is 11.7. The number of pyridine rings is 1. The van der Waals surface area contributed by atoms with E-state index >= 15 is 0 Å². The van der Waals surface area contributed by atoms with Crippen molar-refractivity contribution < 1.29 is 0 Å². The molecule has 0 spiro atoms. The first-order valence-electron chi connectivity index (χ1n) is 4.67. The number of benzene rings is 1. The Morgan fingerprint density at radius 2 is 1.93 bits per heavy atom. The molecule has 2 aromatic rings. The molecule has 0 aliphatic heterocycles. The van der Waals surface area contributed by atoms with Crippen molar-refractivity contribution in [1.82, 2.24) is 4.98 Å². The number of alkyl halides is 1. The van der Waals surface area contributed by atoms with Crippen LogP contribution in [0.4, 0.5) is 5.69 Å². The van der Waals surface area contributed by atoms with E-state index < -0.39 is 0 Å². The van der Waals surface area contributed by atoms with E-state index in [0.29, 0.717) is 11.6 Å². The van der Waals surface area contributed by atoms with E-state index in [1.807, 2.05) is 36.4 Å². The molecule has 2 rings (SSSR count). The van der Waals surface area contributed by atoms with E-state index in [1.165, 1.54) is 0 Å². The van der Waals surface area contributed by atoms with Crippen LogP contribution >= 0.6 is 11.6 Å². The fraction of sp³-hybridized carbons (Fsp3) is 0.0833. The zero-order chi connectivity index (χ0) is 10.7. The maximum absolute atomic E-state index is 5.91. The largest absolute Gasteiger partial charge is 0.397 e. The van der Waals surface area contributed by atoms with Gasteiger partial charge < -0.3 is 5.73 Å². The Balaban J connectivity index is 2.46. The molecule has 1 aromatic carbocycles. The van der Waals surface area contributed by atoms with Crippen LogP contribution in [0.2, 0.25) is 0 Å². The zero-order valence-corrected chi connectivity index (χ0v) is 8.91. The van der Waals surface area contributed by atoms with E-state index in [9.17, 15) is 0 Å². The summed E-state index contributed by atoms with van der Waals surface area (Å²) in [6.45, 7) is 0. The number of hydrogen-bond acceptors (Lipinski definition) is 2. The molecular formula is C12H11ClN2. The van der Waals surface area contributed by atoms with Crippen LogP contribution in [0, 0.1) is 0 Å². The molecule has 0 unspecified atom stereocenters. The second-order valence-corrected chi connectivity index (χ2v) is 3.55. The van der Waals surface area contributed by atoms with Gasteiger partial charge in [0.25, 0.3) is 0 Å². The second-order valence-electron chi connectivity index (χ2n) is 3.28. The van der Waals surface area contributed by atoms with Gasteiger partial charge in [0.15, 0.2) is 0 Å². The Hall–Kier alpha value is -1.54. The van der Waals surface area contributed by atoms with Crippen LogP contribution < -0.4 is 5.73 Å². The first kappa shape index (κ1) is 9.99. The number of rotatable bonds is 2. The summed E-state index contributed by atoms with van der Waals surface area (Å²) in [4.78, 5) is 4.31. The second kappa shape index (κ2) is 4.32. The molecule has 0 bridgehead atoms. The van der Waals surface area contributed by atoms with Crippen LogP contribution in [-0.4, -0.2) is 4.98 Å². The Morgan fingerprint density at radius 3 is 2.53 bits per heavy atom. The lowest BCUT2D eigenvalue weighted by Gasteiger charge is -2.05. The number of halogens is 1. The smallest absolute Gasteiger partial charge is 0.0931 e. The summed E-state index contributed by atoms with van der Waals surface area (Å²) >= 11 is 5.70. The molecule has 2 nitrogen and oxygen atoms in total. The first-order valence-corrected chi connectivity index (χ1v) is 5.20. The normalized spacial score (nSPS) is 10.2. The lowest BCUT2D eigenvalue weighted by molar-refractivity contribution is 1.25. The lowest BCUT2D eigenvalue weighted by atomic mass is 10.1. The molecule has 0 saturated carbocycles. The molecule has 76 valence electrons. The van der Waals surface area contributed by atoms with Crippen LogP contribution in [0.25, 0.3) is 11.3 Å². The Kier molecular flexibility index (Phi) is 2.88. The fourth-order valence-corrected chi connectivity index (χ4v) is 1.58. The quantitative estimate of drug-likeness (QED) is 0.787. The summed E-state index contributed by atoms with van der Waals surface area (Å²) < 4.78 is 0. The molecule has 0 aliphatic rings. The van der Waals surface area contributed by atoms with Crippen LogP contribution in [-0.2, 0) is 5.88 Å². The monoisotopic (exact) mass is 218 g/mol. The van der Waals surface area contributed by atoms with Crippen molar-refractivity contribution in [2.75, 3.05) is 5.73 Å². The summed E-state index contributed by atoms with van der Waals surface area (Å²) in [5.41, 5.74) is 9.35. The number of hydrogen-bond donors (Lipinski definition) is 1. The number of anilines is 1. The van der Waals surface area contributed by atoms with Gasteiger partial charge >= 0.3 is 0 Å². The van der Waals surface area contributed by atoms with E-state index in [0.717, 1.165) is 16.8 Å². The number of nitrogens with two attached hydrogens (primary N) is 1. The molecule has 1 heterocycles. The van der Waals surface area contributed by atoms with Gasteiger partial charge in [0.2, 0.25) is 0 Å². The summed E-state index contributed by atoms with van der Waals surface area (Å²) in [7, 11) is 0. The van der Waals surface area contributed by atoms with Gasteiger partial charge in [-0.25, -0.2) is 0 Å². The molecule has 0 aliphatic carbocycles. The van der Waals surface area contributed by atoms with E-state index in [2.05, 4.69) is 4.98 Å². The highest BCUT2D eigenvalue weighted by Crippen LogP contribution is 2.23. The SMILES string of the molecule is Nc1cc(CCl)cnc1-c1ccccc1. The minimum absolute atomic E-state index is 0.437. The number of nitrogens with zero attached hydrogens (tertiary/aromatic N) is 1. The average Bonchev–Trinajstić information content (AvgIpc) is 2.30. The van der Waals surface area contributed by atoms with Gasteiger partial charge in [-0.05, 0) is 11.6 Å². The van der Waals surface area contributed by atoms with Gasteiger partial charge in [-0.3, -0.25) is 4.98 Å². The van der Waals surface area contributed by atoms with Crippen LogP contribution in [0.5, 0.6) is 0 Å². The maximum Gasteiger partial charge on any atom is 0.0931 e. The zero-order valence-electron chi connectivity index (χ0n) is 8.15. The predicted octanol–water partition coefficient (Wildman–Crippen LogP) is 3.07. The number of nitrogen functional groups attached to an aromatic ring is 1. The molecule has 0 saturated heterocycles. The lowest BCUT2D eigenvalue weighted by Crippen LogP contribution is -1.95. The molecule has 0 atom stereocenters. The average molecular weight is 219 g/mol. The number of aromatic nitrogens is 1. The fourth-order valence-electron chi connectivity index (χ4n) is 1.44. The van der Waals surface area contributed by atoms with Crippen LogP contribution in [0.3, 0.4) is 0 Å². The van der Waals surface area contributed by atoms with Gasteiger partial charge in [0, 0.05) is 17.6 Å². The molecule has 0 amide bonds.